The van der Waals surface area contributed by atoms with Crippen LogP contribution in [0.5, 0.6) is 0 Å². The zero-order chi connectivity index (χ0) is 13.9. The summed E-state index contributed by atoms with van der Waals surface area (Å²) in [7, 11) is 0. The van der Waals surface area contributed by atoms with Crippen molar-refractivity contribution in [2.45, 2.75) is 0 Å². The number of benzene rings is 3. The third kappa shape index (κ3) is 2.65. The Morgan fingerprint density at radius 2 is 1.20 bits per heavy atom. The van der Waals surface area contributed by atoms with E-state index in [0.717, 1.165) is 20.6 Å². The van der Waals surface area contributed by atoms with Gasteiger partial charge in [0, 0.05) is 15.1 Å². The number of rotatable bonds is 2. The molecule has 0 aliphatic rings. The summed E-state index contributed by atoms with van der Waals surface area (Å²) in [6, 6.07) is 24.7. The Bertz CT molecular complexity index is 698. The summed E-state index contributed by atoms with van der Waals surface area (Å²) in [5.41, 5.74) is 4.57. The highest BCUT2D eigenvalue weighted by molar-refractivity contribution is 9.10. The number of halogens is 2. The van der Waals surface area contributed by atoms with Crippen molar-refractivity contribution in [3.63, 3.8) is 0 Å². The van der Waals surface area contributed by atoms with Crippen LogP contribution in [-0.4, -0.2) is 0 Å². The highest BCUT2D eigenvalue weighted by atomic mass is 79.9. The van der Waals surface area contributed by atoms with Crippen LogP contribution < -0.4 is 0 Å². The zero-order valence-corrected chi connectivity index (χ0v) is 13.0. The molecule has 0 fully saturated rings. The Hall–Kier alpha value is -1.57. The van der Waals surface area contributed by atoms with Crippen LogP contribution in [0.1, 0.15) is 0 Å². The van der Waals surface area contributed by atoms with Crippen molar-refractivity contribution in [3.8, 4) is 22.3 Å². The molecular formula is C18H12BrCl. The molecule has 0 unspecified atom stereocenters. The van der Waals surface area contributed by atoms with E-state index in [1.54, 1.807) is 0 Å². The topological polar surface area (TPSA) is 0 Å². The lowest BCUT2D eigenvalue weighted by Crippen LogP contribution is -1.83. The van der Waals surface area contributed by atoms with Crippen molar-refractivity contribution in [2.75, 3.05) is 0 Å². The molecule has 0 bridgehead atoms. The first kappa shape index (κ1) is 13.4. The first-order valence-corrected chi connectivity index (χ1v) is 7.52. The summed E-state index contributed by atoms with van der Waals surface area (Å²) in [6.07, 6.45) is 0. The quantitative estimate of drug-likeness (QED) is 0.502. The molecule has 0 nitrogen and oxygen atoms in total. The van der Waals surface area contributed by atoms with Gasteiger partial charge in [0.2, 0.25) is 0 Å². The Labute approximate surface area is 132 Å². The second-order valence-electron chi connectivity index (χ2n) is 4.54. The third-order valence-electron chi connectivity index (χ3n) is 3.24. The van der Waals surface area contributed by atoms with Crippen LogP contribution in [0.15, 0.2) is 77.3 Å². The lowest BCUT2D eigenvalue weighted by molar-refractivity contribution is 1.57. The van der Waals surface area contributed by atoms with Crippen molar-refractivity contribution >= 4 is 27.5 Å². The Morgan fingerprint density at radius 1 is 0.600 bits per heavy atom. The predicted octanol–water partition coefficient (Wildman–Crippen LogP) is 6.44. The van der Waals surface area contributed by atoms with Crippen LogP contribution in [-0.2, 0) is 0 Å². The van der Waals surface area contributed by atoms with E-state index in [0.29, 0.717) is 0 Å². The van der Waals surface area contributed by atoms with Gasteiger partial charge in [0.15, 0.2) is 0 Å². The van der Waals surface area contributed by atoms with E-state index < -0.39 is 0 Å². The van der Waals surface area contributed by atoms with Crippen molar-refractivity contribution in [1.82, 2.24) is 0 Å². The minimum Gasteiger partial charge on any atom is -0.0836 e. The highest BCUT2D eigenvalue weighted by Crippen LogP contribution is 2.35. The SMILES string of the molecule is Clc1cccc(Br)c1-c1ccc(-c2ccccc2)cc1. The lowest BCUT2D eigenvalue weighted by Gasteiger charge is -2.08. The van der Waals surface area contributed by atoms with E-state index in [-0.39, 0.29) is 0 Å². The summed E-state index contributed by atoms with van der Waals surface area (Å²) in [5, 5.41) is 0.756. The van der Waals surface area contributed by atoms with Gasteiger partial charge in [-0.2, -0.15) is 0 Å². The second-order valence-corrected chi connectivity index (χ2v) is 5.80. The summed E-state index contributed by atoms with van der Waals surface area (Å²) in [4.78, 5) is 0. The van der Waals surface area contributed by atoms with Crippen LogP contribution in [0.4, 0.5) is 0 Å². The van der Waals surface area contributed by atoms with Gasteiger partial charge in [-0.25, -0.2) is 0 Å². The molecule has 0 saturated heterocycles. The molecular weight excluding hydrogens is 332 g/mol. The molecule has 3 rings (SSSR count). The van der Waals surface area contributed by atoms with E-state index in [2.05, 4.69) is 52.3 Å². The molecule has 0 aliphatic heterocycles. The van der Waals surface area contributed by atoms with E-state index in [1.807, 2.05) is 36.4 Å². The summed E-state index contributed by atoms with van der Waals surface area (Å²) in [6.45, 7) is 0. The van der Waals surface area contributed by atoms with Crippen molar-refractivity contribution in [2.24, 2.45) is 0 Å². The first-order chi connectivity index (χ1) is 9.75. The van der Waals surface area contributed by atoms with E-state index in [9.17, 15) is 0 Å². The molecule has 0 atom stereocenters. The molecule has 0 heterocycles. The monoisotopic (exact) mass is 342 g/mol. The average molecular weight is 344 g/mol. The predicted molar refractivity (Wildman–Crippen MR) is 90.0 cm³/mol. The minimum atomic E-state index is 0.756. The van der Waals surface area contributed by atoms with Crippen LogP contribution in [0.3, 0.4) is 0 Å². The maximum atomic E-state index is 6.29. The fourth-order valence-corrected chi connectivity index (χ4v) is 3.23. The molecule has 0 aliphatic carbocycles. The fraction of sp³-hybridized carbons (Fsp3) is 0. The van der Waals surface area contributed by atoms with Gasteiger partial charge < -0.3 is 0 Å². The van der Waals surface area contributed by atoms with Gasteiger partial charge in [-0.1, -0.05) is 88.2 Å². The Kier molecular flexibility index (Phi) is 3.90. The maximum absolute atomic E-state index is 6.29. The molecule has 0 spiro atoms. The van der Waals surface area contributed by atoms with Crippen LogP contribution in [0.25, 0.3) is 22.3 Å². The fourth-order valence-electron chi connectivity index (χ4n) is 2.23. The second kappa shape index (κ2) is 5.82. The lowest BCUT2D eigenvalue weighted by atomic mass is 10.0. The van der Waals surface area contributed by atoms with E-state index in [1.165, 1.54) is 11.1 Å². The molecule has 0 saturated carbocycles. The van der Waals surface area contributed by atoms with Crippen LogP contribution in [0, 0.1) is 0 Å². The van der Waals surface area contributed by atoms with Gasteiger partial charge in [0.25, 0.3) is 0 Å². The zero-order valence-electron chi connectivity index (χ0n) is 10.7. The summed E-state index contributed by atoms with van der Waals surface area (Å²) < 4.78 is 1.01. The smallest absolute Gasteiger partial charge is 0.0495 e. The van der Waals surface area contributed by atoms with Crippen LogP contribution in [0.2, 0.25) is 5.02 Å². The van der Waals surface area contributed by atoms with Gasteiger partial charge in [0.05, 0.1) is 0 Å². The Balaban J connectivity index is 2.02. The largest absolute Gasteiger partial charge is 0.0836 e. The highest BCUT2D eigenvalue weighted by Gasteiger charge is 2.07. The van der Waals surface area contributed by atoms with Crippen molar-refractivity contribution in [1.29, 1.82) is 0 Å². The van der Waals surface area contributed by atoms with Crippen molar-refractivity contribution < 1.29 is 0 Å². The molecule has 3 aromatic rings. The first-order valence-electron chi connectivity index (χ1n) is 6.35. The van der Waals surface area contributed by atoms with Crippen LogP contribution >= 0.6 is 27.5 Å². The molecule has 0 aromatic heterocycles. The number of hydrogen-bond donors (Lipinski definition) is 0. The van der Waals surface area contributed by atoms with Gasteiger partial charge in [0.1, 0.15) is 0 Å². The normalized spacial score (nSPS) is 10.5. The van der Waals surface area contributed by atoms with Crippen molar-refractivity contribution in [3.05, 3.63) is 82.3 Å². The Morgan fingerprint density at radius 3 is 1.85 bits per heavy atom. The number of hydrogen-bond acceptors (Lipinski definition) is 0. The molecule has 3 aromatic carbocycles. The summed E-state index contributed by atoms with van der Waals surface area (Å²) >= 11 is 9.85. The molecule has 98 valence electrons. The van der Waals surface area contributed by atoms with Gasteiger partial charge in [-0.05, 0) is 28.8 Å². The molecule has 0 N–H and O–H groups in total. The maximum Gasteiger partial charge on any atom is 0.0495 e. The summed E-state index contributed by atoms with van der Waals surface area (Å²) in [5.74, 6) is 0. The van der Waals surface area contributed by atoms with E-state index >= 15 is 0 Å². The molecule has 0 radical (unpaired) electrons. The third-order valence-corrected chi connectivity index (χ3v) is 4.22. The minimum absolute atomic E-state index is 0.756. The van der Waals surface area contributed by atoms with Gasteiger partial charge in [-0.15, -0.1) is 0 Å². The standard InChI is InChI=1S/C18H12BrCl/c19-16-7-4-8-17(20)18(16)15-11-9-14(10-12-15)13-5-2-1-3-6-13/h1-12H. The van der Waals surface area contributed by atoms with E-state index in [4.69, 9.17) is 11.6 Å². The molecule has 0 amide bonds. The van der Waals surface area contributed by atoms with Gasteiger partial charge >= 0.3 is 0 Å². The average Bonchev–Trinajstić information content (AvgIpc) is 2.49. The molecule has 2 heteroatoms. The van der Waals surface area contributed by atoms with Gasteiger partial charge in [-0.3, -0.25) is 0 Å². The molecule has 20 heavy (non-hydrogen) atoms.